The molecule has 0 aliphatic rings. The van der Waals surface area contributed by atoms with E-state index < -0.39 is 17.4 Å². The number of benzene rings is 1. The summed E-state index contributed by atoms with van der Waals surface area (Å²) in [6.45, 7) is 2.63. The minimum absolute atomic E-state index is 0.0825. The molecule has 1 aromatic carbocycles. The number of ether oxygens (including phenoxy) is 1. The van der Waals surface area contributed by atoms with E-state index in [0.29, 0.717) is 56.2 Å². The quantitative estimate of drug-likeness (QED) is 0.345. The molecule has 0 spiro atoms. The normalized spacial score (nSPS) is 11.9. The molecule has 3 aromatic rings. The van der Waals surface area contributed by atoms with Crippen LogP contribution in [0, 0.1) is 0 Å². The van der Waals surface area contributed by atoms with Crippen molar-refractivity contribution in [3.05, 3.63) is 56.4 Å². The van der Waals surface area contributed by atoms with Gasteiger partial charge in [-0.1, -0.05) is 26.2 Å². The molecule has 10 heteroatoms. The van der Waals surface area contributed by atoms with Crippen molar-refractivity contribution in [1.82, 2.24) is 9.55 Å². The van der Waals surface area contributed by atoms with Crippen LogP contribution in [0.4, 0.5) is 13.2 Å². The molecule has 0 unspecified atom stereocenters. The van der Waals surface area contributed by atoms with Crippen molar-refractivity contribution < 1.29 is 27.4 Å². The molecule has 0 aliphatic carbocycles. The van der Waals surface area contributed by atoms with Crippen molar-refractivity contribution in [1.29, 1.82) is 0 Å². The Balaban J connectivity index is 1.63. The lowest BCUT2D eigenvalue weighted by molar-refractivity contribution is -0.136. The molecule has 3 rings (SSSR count). The van der Waals surface area contributed by atoms with Gasteiger partial charge in [0.25, 0.3) is 0 Å². The molecule has 0 saturated heterocycles. The molecule has 2 N–H and O–H groups in total. The highest BCUT2D eigenvalue weighted by atomic mass is 19.4. The third kappa shape index (κ3) is 5.35. The van der Waals surface area contributed by atoms with Crippen LogP contribution in [0.2, 0.25) is 0 Å². The van der Waals surface area contributed by atoms with E-state index in [0.717, 1.165) is 12.8 Å². The summed E-state index contributed by atoms with van der Waals surface area (Å²) >= 11 is 0. The number of alkyl halides is 3. The van der Waals surface area contributed by atoms with Crippen LogP contribution in [0.5, 0.6) is 11.6 Å². The minimum Gasteiger partial charge on any atom is -0.493 e. The molecule has 174 valence electrons. The molecular weight excluding hydrogens is 429 g/mol. The van der Waals surface area contributed by atoms with Crippen LogP contribution in [-0.4, -0.2) is 21.3 Å². The number of aromatic hydroxyl groups is 1. The first kappa shape index (κ1) is 23.5. The number of fused-ring (bicyclic) bond motifs is 1. The molecule has 0 amide bonds. The van der Waals surface area contributed by atoms with Crippen molar-refractivity contribution in [3.8, 4) is 11.6 Å². The van der Waals surface area contributed by atoms with E-state index in [1.165, 1.54) is 22.9 Å². The van der Waals surface area contributed by atoms with Gasteiger partial charge in [0.05, 0.1) is 18.4 Å². The van der Waals surface area contributed by atoms with Gasteiger partial charge < -0.3 is 19.2 Å². The zero-order chi connectivity index (χ0) is 23.3. The maximum Gasteiger partial charge on any atom is 0.417 e. The van der Waals surface area contributed by atoms with E-state index >= 15 is 0 Å². The molecule has 0 fully saturated rings. The fraction of sp³-hybridized carbons (Fsp3) is 0.455. The molecule has 2 aromatic heterocycles. The smallest absolute Gasteiger partial charge is 0.417 e. The Hall–Kier alpha value is -3.17. The van der Waals surface area contributed by atoms with E-state index in [1.54, 1.807) is 0 Å². The number of halogens is 3. The van der Waals surface area contributed by atoms with E-state index in [-0.39, 0.29) is 22.5 Å². The number of unbranched alkanes of at least 4 members (excludes halogenated alkanes) is 3. The lowest BCUT2D eigenvalue weighted by Gasteiger charge is -2.15. The number of nitrogens with one attached hydrogen (secondary N) is 1. The van der Waals surface area contributed by atoms with E-state index in [2.05, 4.69) is 4.98 Å². The van der Waals surface area contributed by atoms with Gasteiger partial charge in [-0.05, 0) is 31.4 Å². The first-order valence-electron chi connectivity index (χ1n) is 10.5. The first-order valence-corrected chi connectivity index (χ1v) is 10.5. The van der Waals surface area contributed by atoms with E-state index in [4.69, 9.17) is 9.15 Å². The molecule has 0 aliphatic heterocycles. The Labute approximate surface area is 181 Å². The Morgan fingerprint density at radius 2 is 1.91 bits per heavy atom. The van der Waals surface area contributed by atoms with Crippen molar-refractivity contribution in [3.63, 3.8) is 0 Å². The molecule has 0 saturated carbocycles. The average molecular weight is 454 g/mol. The van der Waals surface area contributed by atoms with Gasteiger partial charge in [-0.2, -0.15) is 13.2 Å². The zero-order valence-corrected chi connectivity index (χ0v) is 17.6. The van der Waals surface area contributed by atoms with Crippen LogP contribution in [0.3, 0.4) is 0 Å². The fourth-order valence-corrected chi connectivity index (χ4v) is 3.63. The highest BCUT2D eigenvalue weighted by molar-refractivity contribution is 5.85. The number of hydrogen-bond acceptors (Lipinski definition) is 5. The maximum atomic E-state index is 13.4. The summed E-state index contributed by atoms with van der Waals surface area (Å²) in [5.74, 6) is 0.309. The van der Waals surface area contributed by atoms with E-state index in [9.17, 15) is 27.9 Å². The van der Waals surface area contributed by atoms with Gasteiger partial charge in [0.15, 0.2) is 0 Å². The van der Waals surface area contributed by atoms with Gasteiger partial charge in [-0.15, -0.1) is 0 Å². The first-order chi connectivity index (χ1) is 15.2. The molecule has 0 radical (unpaired) electrons. The SMILES string of the molecule is CCCc1c(OCCCCCCn2c(O)c[nH]c2=O)ccc2c(C(F)(F)F)cc(=O)oc12. The monoisotopic (exact) mass is 454 g/mol. The zero-order valence-electron chi connectivity index (χ0n) is 17.6. The Kier molecular flexibility index (Phi) is 7.32. The van der Waals surface area contributed by atoms with Gasteiger partial charge >= 0.3 is 17.5 Å². The Morgan fingerprint density at radius 3 is 2.56 bits per heavy atom. The highest BCUT2D eigenvalue weighted by Crippen LogP contribution is 2.37. The fourth-order valence-electron chi connectivity index (χ4n) is 3.63. The predicted molar refractivity (Wildman–Crippen MR) is 112 cm³/mol. The van der Waals surface area contributed by atoms with Crippen LogP contribution >= 0.6 is 0 Å². The Morgan fingerprint density at radius 1 is 1.16 bits per heavy atom. The summed E-state index contributed by atoms with van der Waals surface area (Å²) in [6, 6.07) is 3.24. The molecular formula is C22H25F3N2O5. The molecule has 2 heterocycles. The van der Waals surface area contributed by atoms with Crippen LogP contribution in [-0.2, 0) is 19.1 Å². The van der Waals surface area contributed by atoms with Crippen molar-refractivity contribution in [2.75, 3.05) is 6.61 Å². The minimum atomic E-state index is -4.66. The molecule has 32 heavy (non-hydrogen) atoms. The molecule has 7 nitrogen and oxygen atoms in total. The third-order valence-electron chi connectivity index (χ3n) is 5.16. The van der Waals surface area contributed by atoms with Gasteiger partial charge in [0.1, 0.15) is 11.3 Å². The van der Waals surface area contributed by atoms with Gasteiger partial charge in [-0.25, -0.2) is 9.59 Å². The standard InChI is InChI=1S/C22H25F3N2O5/c1-2-7-15-17(9-8-14-16(22(23,24)25)12-19(29)32-20(14)15)31-11-6-4-3-5-10-27-18(28)13-26-21(27)30/h8-9,12-13,28H,2-7,10-11H2,1H3,(H,26,30). The van der Waals surface area contributed by atoms with Crippen LogP contribution in [0.1, 0.15) is 50.2 Å². The van der Waals surface area contributed by atoms with Gasteiger partial charge in [-0.3, -0.25) is 4.57 Å². The second-order valence-electron chi connectivity index (χ2n) is 7.51. The van der Waals surface area contributed by atoms with Crippen LogP contribution in [0.15, 0.2) is 38.4 Å². The number of rotatable bonds is 10. The number of nitrogens with zero attached hydrogens (tertiary/aromatic N) is 1. The number of H-pyrrole nitrogens is 1. The second-order valence-corrected chi connectivity index (χ2v) is 7.51. The third-order valence-corrected chi connectivity index (χ3v) is 5.16. The number of imidazole rings is 1. The topological polar surface area (TPSA) is 97.5 Å². The van der Waals surface area contributed by atoms with Crippen molar-refractivity contribution in [2.24, 2.45) is 0 Å². The summed E-state index contributed by atoms with van der Waals surface area (Å²) in [5.41, 5.74) is -2.05. The largest absolute Gasteiger partial charge is 0.493 e. The summed E-state index contributed by atoms with van der Waals surface area (Å²) in [7, 11) is 0. The van der Waals surface area contributed by atoms with Gasteiger partial charge in [0, 0.05) is 23.6 Å². The second kappa shape index (κ2) is 9.97. The van der Waals surface area contributed by atoms with E-state index in [1.807, 2.05) is 6.92 Å². The van der Waals surface area contributed by atoms with Crippen LogP contribution in [0.25, 0.3) is 11.0 Å². The van der Waals surface area contributed by atoms with Crippen LogP contribution < -0.4 is 16.1 Å². The number of aromatic nitrogens is 2. The van der Waals surface area contributed by atoms with Crippen molar-refractivity contribution in [2.45, 2.75) is 58.2 Å². The molecule has 0 atom stereocenters. The lowest BCUT2D eigenvalue weighted by atomic mass is 10.0. The highest BCUT2D eigenvalue weighted by Gasteiger charge is 2.34. The number of aromatic amines is 1. The summed E-state index contributed by atoms with van der Waals surface area (Å²) in [4.78, 5) is 25.6. The summed E-state index contributed by atoms with van der Waals surface area (Å²) < 4.78 is 52.3. The lowest BCUT2D eigenvalue weighted by Crippen LogP contribution is -2.16. The Bertz CT molecular complexity index is 1180. The van der Waals surface area contributed by atoms with Crippen molar-refractivity contribution >= 4 is 11.0 Å². The maximum absolute atomic E-state index is 13.4. The summed E-state index contributed by atoms with van der Waals surface area (Å²) in [5, 5.41) is 9.39. The van der Waals surface area contributed by atoms with Gasteiger partial charge in [0.2, 0.25) is 5.88 Å². The number of hydrogen-bond donors (Lipinski definition) is 2. The predicted octanol–water partition coefficient (Wildman–Crippen LogP) is 4.60. The summed E-state index contributed by atoms with van der Waals surface area (Å²) in [6.07, 6.45) is 0.647. The molecule has 0 bridgehead atoms. The average Bonchev–Trinajstić information content (AvgIpc) is 3.05. The number of aryl methyl sites for hydroxylation is 1.